The predicted octanol–water partition coefficient (Wildman–Crippen LogP) is 1.53. The average molecular weight is 303 g/mol. The summed E-state index contributed by atoms with van der Waals surface area (Å²) in [5.74, 6) is -1.94. The lowest BCUT2D eigenvalue weighted by atomic mass is 10.2. The van der Waals surface area contributed by atoms with Crippen molar-refractivity contribution in [3.05, 3.63) is 29.0 Å². The van der Waals surface area contributed by atoms with Crippen LogP contribution in [0.4, 0.5) is 14.9 Å². The Balaban J connectivity index is 2.13. The normalized spacial score (nSPS) is 21.9. The van der Waals surface area contributed by atoms with E-state index >= 15 is 0 Å². The van der Waals surface area contributed by atoms with Crippen molar-refractivity contribution in [2.75, 3.05) is 11.9 Å². The summed E-state index contributed by atoms with van der Waals surface area (Å²) in [5, 5.41) is 20.9. The molecular formula is C12H12ClFN2O4. The van der Waals surface area contributed by atoms with Gasteiger partial charge in [-0.15, -0.1) is 0 Å². The van der Waals surface area contributed by atoms with E-state index in [0.29, 0.717) is 0 Å². The molecule has 1 aliphatic rings. The number of anilines is 1. The van der Waals surface area contributed by atoms with E-state index in [4.69, 9.17) is 16.7 Å². The molecule has 0 saturated carbocycles. The summed E-state index contributed by atoms with van der Waals surface area (Å²) in [6, 6.07) is 1.80. The average Bonchev–Trinajstić information content (AvgIpc) is 2.75. The summed E-state index contributed by atoms with van der Waals surface area (Å²) < 4.78 is 13.5. The summed E-state index contributed by atoms with van der Waals surface area (Å²) in [7, 11) is 0. The molecule has 0 aliphatic carbocycles. The molecule has 8 heteroatoms. The van der Waals surface area contributed by atoms with E-state index in [2.05, 4.69) is 5.32 Å². The van der Waals surface area contributed by atoms with E-state index in [0.717, 1.165) is 11.0 Å². The minimum Gasteiger partial charge on any atom is -0.480 e. The minimum atomic E-state index is -1.21. The summed E-state index contributed by atoms with van der Waals surface area (Å²) in [6.45, 7) is -0.113. The van der Waals surface area contributed by atoms with Gasteiger partial charge in [-0.05, 0) is 18.2 Å². The molecular weight excluding hydrogens is 291 g/mol. The van der Waals surface area contributed by atoms with Gasteiger partial charge in [-0.3, -0.25) is 0 Å². The van der Waals surface area contributed by atoms with Crippen LogP contribution in [0.3, 0.4) is 0 Å². The number of likely N-dealkylation sites (tertiary alicyclic amines) is 1. The zero-order valence-corrected chi connectivity index (χ0v) is 11.0. The van der Waals surface area contributed by atoms with Crippen LogP contribution < -0.4 is 5.32 Å². The van der Waals surface area contributed by atoms with E-state index < -0.39 is 30.0 Å². The highest BCUT2D eigenvalue weighted by atomic mass is 35.5. The number of hydrogen-bond donors (Lipinski definition) is 3. The molecule has 6 nitrogen and oxygen atoms in total. The molecule has 1 aromatic rings. The second kappa shape index (κ2) is 5.64. The second-order valence-electron chi connectivity index (χ2n) is 4.45. The Morgan fingerprint density at radius 1 is 1.45 bits per heavy atom. The molecule has 20 heavy (non-hydrogen) atoms. The smallest absolute Gasteiger partial charge is 0.326 e. The van der Waals surface area contributed by atoms with Gasteiger partial charge in [0.25, 0.3) is 0 Å². The molecule has 3 N–H and O–H groups in total. The number of nitrogens with zero attached hydrogens (tertiary/aromatic N) is 1. The maximum absolute atomic E-state index is 13.5. The van der Waals surface area contributed by atoms with Crippen molar-refractivity contribution in [3.63, 3.8) is 0 Å². The number of halogens is 2. The Labute approximate surface area is 118 Å². The first-order chi connectivity index (χ1) is 9.38. The van der Waals surface area contributed by atoms with E-state index in [-0.39, 0.29) is 23.7 Å². The third-order valence-corrected chi connectivity index (χ3v) is 3.23. The van der Waals surface area contributed by atoms with Gasteiger partial charge in [0.1, 0.15) is 11.9 Å². The van der Waals surface area contributed by atoms with E-state index in [9.17, 15) is 19.1 Å². The lowest BCUT2D eigenvalue weighted by Crippen LogP contribution is -2.43. The highest BCUT2D eigenvalue weighted by Gasteiger charge is 2.39. The van der Waals surface area contributed by atoms with Crippen molar-refractivity contribution in [1.29, 1.82) is 0 Å². The maximum atomic E-state index is 13.5. The molecule has 1 aliphatic heterocycles. The van der Waals surface area contributed by atoms with Crippen molar-refractivity contribution in [1.82, 2.24) is 4.90 Å². The molecule has 2 atom stereocenters. The number of carboxylic acids is 1. The van der Waals surface area contributed by atoms with E-state index in [1.54, 1.807) is 0 Å². The lowest BCUT2D eigenvalue weighted by Gasteiger charge is -2.21. The topological polar surface area (TPSA) is 89.9 Å². The van der Waals surface area contributed by atoms with Gasteiger partial charge >= 0.3 is 12.0 Å². The van der Waals surface area contributed by atoms with Gasteiger partial charge in [0.2, 0.25) is 0 Å². The van der Waals surface area contributed by atoms with E-state index in [1.165, 1.54) is 12.1 Å². The summed E-state index contributed by atoms with van der Waals surface area (Å²) >= 11 is 5.59. The third kappa shape index (κ3) is 3.00. The number of hydrogen-bond acceptors (Lipinski definition) is 3. The number of aliphatic carboxylic acids is 1. The first-order valence-corrected chi connectivity index (χ1v) is 6.20. The molecule has 2 rings (SSSR count). The highest BCUT2D eigenvalue weighted by molar-refractivity contribution is 6.30. The Kier molecular flexibility index (Phi) is 4.10. The molecule has 1 heterocycles. The predicted molar refractivity (Wildman–Crippen MR) is 69.2 cm³/mol. The molecule has 0 radical (unpaired) electrons. The number of aliphatic hydroxyl groups is 1. The number of nitrogens with one attached hydrogen (secondary N) is 1. The molecule has 1 aromatic carbocycles. The molecule has 1 saturated heterocycles. The van der Waals surface area contributed by atoms with Crippen molar-refractivity contribution < 1.29 is 24.2 Å². The monoisotopic (exact) mass is 302 g/mol. The first-order valence-electron chi connectivity index (χ1n) is 5.82. The fourth-order valence-electron chi connectivity index (χ4n) is 2.05. The molecule has 0 bridgehead atoms. The van der Waals surface area contributed by atoms with Gasteiger partial charge in [-0.25, -0.2) is 14.0 Å². The number of aliphatic hydroxyl groups excluding tert-OH is 1. The van der Waals surface area contributed by atoms with Crippen LogP contribution in [-0.2, 0) is 4.79 Å². The van der Waals surface area contributed by atoms with Crippen molar-refractivity contribution >= 4 is 29.3 Å². The molecule has 1 fully saturated rings. The molecule has 0 spiro atoms. The lowest BCUT2D eigenvalue weighted by molar-refractivity contribution is -0.141. The van der Waals surface area contributed by atoms with Crippen LogP contribution in [0.5, 0.6) is 0 Å². The van der Waals surface area contributed by atoms with Crippen molar-refractivity contribution in [2.24, 2.45) is 0 Å². The SMILES string of the molecule is O=C(O)[C@@H]1C[C@@H](O)CN1C(=O)Nc1ccc(Cl)cc1F. The number of carbonyl (C=O) groups excluding carboxylic acids is 1. The van der Waals surface area contributed by atoms with Crippen LogP contribution in [0.25, 0.3) is 0 Å². The van der Waals surface area contributed by atoms with Crippen LogP contribution >= 0.6 is 11.6 Å². The Morgan fingerprint density at radius 3 is 2.75 bits per heavy atom. The Hall–Kier alpha value is -1.86. The number of benzene rings is 1. The quantitative estimate of drug-likeness (QED) is 0.773. The van der Waals surface area contributed by atoms with Gasteiger partial charge < -0.3 is 20.4 Å². The van der Waals surface area contributed by atoms with Crippen LogP contribution in [-0.4, -0.2) is 45.8 Å². The largest absolute Gasteiger partial charge is 0.480 e. The zero-order valence-electron chi connectivity index (χ0n) is 10.2. The zero-order chi connectivity index (χ0) is 14.9. The summed E-state index contributed by atoms with van der Waals surface area (Å²) in [4.78, 5) is 23.9. The summed E-state index contributed by atoms with van der Waals surface area (Å²) in [6.07, 6.45) is -0.955. The van der Waals surface area contributed by atoms with Crippen molar-refractivity contribution in [2.45, 2.75) is 18.6 Å². The number of carbonyl (C=O) groups is 2. The Morgan fingerprint density at radius 2 is 2.15 bits per heavy atom. The fourth-order valence-corrected chi connectivity index (χ4v) is 2.21. The van der Waals surface area contributed by atoms with Crippen LogP contribution in [0, 0.1) is 5.82 Å². The number of carboxylic acid groups (broad SMARTS) is 1. The van der Waals surface area contributed by atoms with Gasteiger partial charge in [-0.1, -0.05) is 11.6 Å². The third-order valence-electron chi connectivity index (χ3n) is 3.00. The van der Waals surface area contributed by atoms with Crippen LogP contribution in [0.15, 0.2) is 18.2 Å². The highest BCUT2D eigenvalue weighted by Crippen LogP contribution is 2.22. The Bertz CT molecular complexity index is 554. The second-order valence-corrected chi connectivity index (χ2v) is 4.89. The van der Waals surface area contributed by atoms with E-state index in [1.807, 2.05) is 0 Å². The summed E-state index contributed by atoms with van der Waals surface area (Å²) in [5.41, 5.74) is -0.107. The standard InChI is InChI=1S/C12H12ClFN2O4/c13-6-1-2-9(8(14)3-6)15-12(20)16-5-7(17)4-10(16)11(18)19/h1-3,7,10,17H,4-5H2,(H,15,20)(H,18,19)/t7-,10+/m1/s1. The minimum absolute atomic E-state index is 0.0497. The van der Waals surface area contributed by atoms with Crippen LogP contribution in [0.2, 0.25) is 5.02 Å². The molecule has 108 valence electrons. The number of β-amino-alcohol motifs (C(OH)–C–C–N with tert-alkyl or cyclic N) is 1. The molecule has 0 unspecified atom stereocenters. The van der Waals surface area contributed by atoms with Gasteiger partial charge in [0.05, 0.1) is 11.8 Å². The number of urea groups is 1. The fraction of sp³-hybridized carbons (Fsp3) is 0.333. The number of amides is 2. The molecule has 0 aromatic heterocycles. The van der Waals surface area contributed by atoms with Crippen molar-refractivity contribution in [3.8, 4) is 0 Å². The maximum Gasteiger partial charge on any atom is 0.326 e. The first kappa shape index (κ1) is 14.5. The number of rotatable bonds is 2. The van der Waals surface area contributed by atoms with Gasteiger partial charge in [0.15, 0.2) is 0 Å². The van der Waals surface area contributed by atoms with Crippen LogP contribution in [0.1, 0.15) is 6.42 Å². The van der Waals surface area contributed by atoms with Gasteiger partial charge in [0, 0.05) is 18.0 Å². The van der Waals surface area contributed by atoms with Gasteiger partial charge in [-0.2, -0.15) is 0 Å². The molecule has 2 amide bonds.